The Balaban J connectivity index is 1.80. The van der Waals surface area contributed by atoms with Crippen molar-refractivity contribution in [3.8, 4) is 0 Å². The molecule has 7 heteroatoms. The summed E-state index contributed by atoms with van der Waals surface area (Å²) in [6.07, 6.45) is 0. The predicted molar refractivity (Wildman–Crippen MR) is 111 cm³/mol. The van der Waals surface area contributed by atoms with Gasteiger partial charge >= 0.3 is 5.97 Å². The molecule has 0 amide bonds. The number of anilines is 3. The van der Waals surface area contributed by atoms with Crippen LogP contribution in [-0.2, 0) is 11.3 Å². The van der Waals surface area contributed by atoms with Crippen LogP contribution in [0.25, 0.3) is 0 Å². The largest absolute Gasteiger partial charge is 0.465 e. The summed E-state index contributed by atoms with van der Waals surface area (Å²) in [7, 11) is 1.34. The molecular weight excluding hydrogens is 376 g/mol. The van der Waals surface area contributed by atoms with Gasteiger partial charge in [-0.3, -0.25) is 0 Å². The summed E-state index contributed by atoms with van der Waals surface area (Å²) in [5, 5.41) is 6.88. The number of halogens is 1. The number of methoxy groups -OCH3 is 1. The first kappa shape index (κ1) is 19.6. The van der Waals surface area contributed by atoms with Gasteiger partial charge < -0.3 is 15.4 Å². The minimum Gasteiger partial charge on any atom is -0.465 e. The van der Waals surface area contributed by atoms with E-state index in [1.807, 2.05) is 19.1 Å². The predicted octanol–water partition coefficient (Wildman–Crippen LogP) is 4.89. The van der Waals surface area contributed by atoms with Gasteiger partial charge in [0, 0.05) is 18.3 Å². The molecule has 0 unspecified atom stereocenters. The number of benzene rings is 2. The first-order chi connectivity index (χ1) is 13.5. The fourth-order valence-electron chi connectivity index (χ4n) is 2.70. The highest BCUT2D eigenvalue weighted by Crippen LogP contribution is 2.27. The summed E-state index contributed by atoms with van der Waals surface area (Å²) >= 11 is 6.26. The van der Waals surface area contributed by atoms with Crippen LogP contribution in [-0.4, -0.2) is 23.0 Å². The molecule has 0 aliphatic heterocycles. The van der Waals surface area contributed by atoms with E-state index < -0.39 is 5.97 Å². The van der Waals surface area contributed by atoms with Gasteiger partial charge in [0.25, 0.3) is 0 Å². The summed E-state index contributed by atoms with van der Waals surface area (Å²) in [6, 6.07) is 14.8. The number of hydrogen-bond donors (Lipinski definition) is 2. The Morgan fingerprint density at radius 3 is 2.64 bits per heavy atom. The van der Waals surface area contributed by atoms with Crippen molar-refractivity contribution in [1.29, 1.82) is 0 Å². The van der Waals surface area contributed by atoms with Crippen LogP contribution in [0.5, 0.6) is 0 Å². The lowest BCUT2D eigenvalue weighted by molar-refractivity contribution is 0.0601. The lowest BCUT2D eigenvalue weighted by atomic mass is 10.1. The van der Waals surface area contributed by atoms with E-state index in [1.165, 1.54) is 18.2 Å². The number of aromatic nitrogens is 2. The first-order valence-corrected chi connectivity index (χ1v) is 9.13. The third-order valence-corrected chi connectivity index (χ3v) is 4.53. The number of rotatable bonds is 6. The van der Waals surface area contributed by atoms with Crippen LogP contribution in [0, 0.1) is 13.8 Å². The van der Waals surface area contributed by atoms with Crippen LogP contribution >= 0.6 is 11.6 Å². The van der Waals surface area contributed by atoms with E-state index in [0.717, 1.165) is 5.69 Å². The zero-order valence-electron chi connectivity index (χ0n) is 15.9. The van der Waals surface area contributed by atoms with Crippen molar-refractivity contribution < 1.29 is 9.53 Å². The minimum absolute atomic E-state index is 0.401. The van der Waals surface area contributed by atoms with Crippen LogP contribution in [0.1, 0.15) is 27.2 Å². The Hall–Kier alpha value is -3.12. The zero-order valence-corrected chi connectivity index (χ0v) is 16.7. The molecule has 3 rings (SSSR count). The lowest BCUT2D eigenvalue weighted by Gasteiger charge is -2.12. The van der Waals surface area contributed by atoms with Crippen molar-refractivity contribution in [3.63, 3.8) is 0 Å². The standard InChI is InChI=1S/C21H21ClN4O2/c1-13-6-4-5-7-16(13)12-23-21-24-14(2)10-19(26-21)25-18-11-15(20(27)28-3)8-9-17(18)22/h4-11H,12H2,1-3H3,(H2,23,24,25,26). The second-order valence-corrected chi connectivity index (χ2v) is 6.72. The molecule has 3 aromatic rings. The van der Waals surface area contributed by atoms with Crippen LogP contribution in [0.2, 0.25) is 5.02 Å². The fraction of sp³-hybridized carbons (Fsp3) is 0.190. The van der Waals surface area contributed by atoms with Crippen molar-refractivity contribution in [2.45, 2.75) is 20.4 Å². The Labute approximate surface area is 168 Å². The van der Waals surface area contributed by atoms with Gasteiger partial charge in [-0.05, 0) is 43.2 Å². The van der Waals surface area contributed by atoms with Gasteiger partial charge in [0.2, 0.25) is 5.95 Å². The molecule has 0 bridgehead atoms. The van der Waals surface area contributed by atoms with Crippen molar-refractivity contribution in [2.75, 3.05) is 17.7 Å². The third-order valence-electron chi connectivity index (χ3n) is 4.20. The Kier molecular flexibility index (Phi) is 6.11. The topological polar surface area (TPSA) is 76.1 Å². The number of hydrogen-bond acceptors (Lipinski definition) is 6. The maximum absolute atomic E-state index is 11.8. The molecule has 0 radical (unpaired) electrons. The Bertz CT molecular complexity index is 1010. The van der Waals surface area contributed by atoms with Crippen molar-refractivity contribution in [3.05, 3.63) is 75.9 Å². The third kappa shape index (κ3) is 4.78. The molecule has 0 saturated heterocycles. The maximum atomic E-state index is 11.8. The average Bonchev–Trinajstić information content (AvgIpc) is 2.68. The van der Waals surface area contributed by atoms with Gasteiger partial charge in [-0.25, -0.2) is 9.78 Å². The maximum Gasteiger partial charge on any atom is 0.337 e. The molecule has 0 fully saturated rings. The molecule has 2 N–H and O–H groups in total. The highest BCUT2D eigenvalue weighted by molar-refractivity contribution is 6.33. The number of nitrogens with one attached hydrogen (secondary N) is 2. The minimum atomic E-state index is -0.431. The highest BCUT2D eigenvalue weighted by atomic mass is 35.5. The Morgan fingerprint density at radius 1 is 1.11 bits per heavy atom. The van der Waals surface area contributed by atoms with Crippen LogP contribution in [0.15, 0.2) is 48.5 Å². The quantitative estimate of drug-likeness (QED) is 0.578. The fourth-order valence-corrected chi connectivity index (χ4v) is 2.86. The molecule has 0 aliphatic rings. The van der Waals surface area contributed by atoms with Crippen molar-refractivity contribution in [2.24, 2.45) is 0 Å². The Morgan fingerprint density at radius 2 is 1.89 bits per heavy atom. The number of aryl methyl sites for hydroxylation is 2. The van der Waals surface area contributed by atoms with Crippen LogP contribution < -0.4 is 10.6 Å². The van der Waals surface area contributed by atoms with E-state index >= 15 is 0 Å². The second-order valence-electron chi connectivity index (χ2n) is 6.31. The summed E-state index contributed by atoms with van der Waals surface area (Å²) in [5.74, 6) is 0.647. The molecule has 0 aliphatic carbocycles. The molecular formula is C21H21ClN4O2. The average molecular weight is 397 g/mol. The summed E-state index contributed by atoms with van der Waals surface area (Å²) in [5.41, 5.74) is 4.14. The monoisotopic (exact) mass is 396 g/mol. The number of ether oxygens (including phenoxy) is 1. The molecule has 2 aromatic carbocycles. The number of esters is 1. The normalized spacial score (nSPS) is 10.4. The van der Waals surface area contributed by atoms with E-state index in [0.29, 0.717) is 34.6 Å². The molecule has 0 atom stereocenters. The number of carbonyl (C=O) groups is 1. The molecule has 6 nitrogen and oxygen atoms in total. The van der Waals surface area contributed by atoms with Crippen LogP contribution in [0.4, 0.5) is 17.5 Å². The van der Waals surface area contributed by atoms with Gasteiger partial charge in [-0.2, -0.15) is 4.98 Å². The lowest BCUT2D eigenvalue weighted by Crippen LogP contribution is -2.07. The second kappa shape index (κ2) is 8.71. The number of nitrogens with zero attached hydrogens (tertiary/aromatic N) is 2. The van der Waals surface area contributed by atoms with E-state index in [9.17, 15) is 4.79 Å². The van der Waals surface area contributed by atoms with Gasteiger partial charge in [-0.1, -0.05) is 35.9 Å². The van der Waals surface area contributed by atoms with Gasteiger partial charge in [0.05, 0.1) is 23.4 Å². The van der Waals surface area contributed by atoms with E-state index in [1.54, 1.807) is 24.3 Å². The zero-order chi connectivity index (χ0) is 20.1. The van der Waals surface area contributed by atoms with Crippen molar-refractivity contribution in [1.82, 2.24) is 9.97 Å². The molecule has 144 valence electrons. The summed E-state index contributed by atoms with van der Waals surface area (Å²) < 4.78 is 4.76. The molecule has 1 aromatic heterocycles. The first-order valence-electron chi connectivity index (χ1n) is 8.75. The van der Waals surface area contributed by atoms with Crippen molar-refractivity contribution >= 4 is 35.0 Å². The smallest absolute Gasteiger partial charge is 0.337 e. The molecule has 28 heavy (non-hydrogen) atoms. The van der Waals surface area contributed by atoms with Gasteiger partial charge in [0.1, 0.15) is 5.82 Å². The van der Waals surface area contributed by atoms with Gasteiger partial charge in [-0.15, -0.1) is 0 Å². The van der Waals surface area contributed by atoms with E-state index in [2.05, 4.69) is 39.7 Å². The van der Waals surface area contributed by atoms with E-state index in [4.69, 9.17) is 16.3 Å². The molecule has 1 heterocycles. The van der Waals surface area contributed by atoms with Crippen LogP contribution in [0.3, 0.4) is 0 Å². The summed E-state index contributed by atoms with van der Waals surface area (Å²) in [6.45, 7) is 4.57. The van der Waals surface area contributed by atoms with E-state index in [-0.39, 0.29) is 0 Å². The number of carbonyl (C=O) groups excluding carboxylic acids is 1. The SMILES string of the molecule is COC(=O)c1ccc(Cl)c(Nc2cc(C)nc(NCc3ccccc3C)n2)c1. The highest BCUT2D eigenvalue weighted by Gasteiger charge is 2.11. The summed E-state index contributed by atoms with van der Waals surface area (Å²) in [4.78, 5) is 20.7. The van der Waals surface area contributed by atoms with Gasteiger partial charge in [0.15, 0.2) is 0 Å². The molecule has 0 spiro atoms. The molecule has 0 saturated carbocycles.